The van der Waals surface area contributed by atoms with Crippen LogP contribution >= 0.6 is 11.8 Å². The second kappa shape index (κ2) is 6.10. The average molecular weight is 371 g/mol. The Bertz CT molecular complexity index is 1060. The van der Waals surface area contributed by atoms with Crippen LogP contribution in [0.2, 0.25) is 0 Å². The third kappa shape index (κ3) is 3.09. The van der Waals surface area contributed by atoms with E-state index in [2.05, 4.69) is 15.3 Å². The highest BCUT2D eigenvalue weighted by atomic mass is 32.2. The van der Waals surface area contributed by atoms with Crippen LogP contribution in [0.3, 0.4) is 0 Å². The van der Waals surface area contributed by atoms with Gasteiger partial charge in [0, 0.05) is 11.3 Å². The van der Waals surface area contributed by atoms with E-state index in [1.165, 1.54) is 12.1 Å². The number of hydrogen-bond acceptors (Lipinski definition) is 6. The maximum Gasteiger partial charge on any atom is 0.238 e. The molecule has 1 aliphatic heterocycles. The number of rotatable bonds is 3. The molecule has 0 atom stereocenters. The lowest BCUT2D eigenvalue weighted by molar-refractivity contribution is 0.598. The summed E-state index contributed by atoms with van der Waals surface area (Å²) in [6.07, 6.45) is 0. The highest BCUT2D eigenvalue weighted by Gasteiger charge is 2.21. The first-order valence-electron chi connectivity index (χ1n) is 7.37. The van der Waals surface area contributed by atoms with E-state index in [9.17, 15) is 8.42 Å². The Morgan fingerprint density at radius 3 is 2.36 bits per heavy atom. The summed E-state index contributed by atoms with van der Waals surface area (Å²) in [6.45, 7) is 0. The lowest BCUT2D eigenvalue weighted by Gasteiger charge is -2.13. The van der Waals surface area contributed by atoms with Crippen LogP contribution in [-0.4, -0.2) is 34.8 Å². The van der Waals surface area contributed by atoms with E-state index in [1.54, 1.807) is 28.6 Å². The standard InChI is InChI=1S/C16H13N5O2S2/c17-25(22,23)13-8-6-12(7-9-13)15-18-19-16-21(15)20-14(10-24-16)11-4-2-1-3-5-11/h1-9H,10H2,(H2,17,22,23). The number of benzene rings is 2. The third-order valence-electron chi connectivity index (χ3n) is 3.72. The van der Waals surface area contributed by atoms with Gasteiger partial charge in [-0.05, 0) is 29.8 Å². The molecular formula is C16H13N5O2S2. The topological polar surface area (TPSA) is 103 Å². The fraction of sp³-hybridized carbons (Fsp3) is 0.0625. The van der Waals surface area contributed by atoms with Gasteiger partial charge in [-0.3, -0.25) is 0 Å². The van der Waals surface area contributed by atoms with Gasteiger partial charge in [0.2, 0.25) is 15.2 Å². The molecule has 0 aliphatic carbocycles. The molecule has 7 nitrogen and oxygen atoms in total. The third-order valence-corrected chi connectivity index (χ3v) is 5.58. The zero-order valence-corrected chi connectivity index (χ0v) is 14.5. The number of nitrogens with zero attached hydrogens (tertiary/aromatic N) is 4. The lowest BCUT2D eigenvalue weighted by atomic mass is 10.1. The summed E-state index contributed by atoms with van der Waals surface area (Å²) in [5, 5.41) is 18.9. The molecule has 0 spiro atoms. The number of nitrogens with two attached hydrogens (primary N) is 1. The highest BCUT2D eigenvalue weighted by Crippen LogP contribution is 2.28. The van der Waals surface area contributed by atoms with Crippen LogP contribution in [0.1, 0.15) is 5.56 Å². The molecule has 2 heterocycles. The van der Waals surface area contributed by atoms with Gasteiger partial charge in [0.05, 0.1) is 10.6 Å². The Morgan fingerprint density at radius 2 is 1.68 bits per heavy atom. The summed E-state index contributed by atoms with van der Waals surface area (Å²) in [4.78, 5) is 0.0532. The highest BCUT2D eigenvalue weighted by molar-refractivity contribution is 7.99. The molecule has 0 saturated heterocycles. The fourth-order valence-corrected chi connectivity index (χ4v) is 3.83. The maximum absolute atomic E-state index is 11.4. The molecule has 2 N–H and O–H groups in total. The van der Waals surface area contributed by atoms with Crippen LogP contribution < -0.4 is 5.14 Å². The smallest absolute Gasteiger partial charge is 0.225 e. The molecule has 4 rings (SSSR count). The molecule has 0 bridgehead atoms. The lowest BCUT2D eigenvalue weighted by Crippen LogP contribution is -2.14. The van der Waals surface area contributed by atoms with Gasteiger partial charge < -0.3 is 0 Å². The van der Waals surface area contributed by atoms with Crippen molar-refractivity contribution in [1.82, 2.24) is 14.9 Å². The van der Waals surface area contributed by atoms with Gasteiger partial charge in [-0.1, -0.05) is 42.1 Å². The van der Waals surface area contributed by atoms with Crippen LogP contribution in [0.25, 0.3) is 11.4 Å². The van der Waals surface area contributed by atoms with Crippen molar-refractivity contribution in [3.05, 3.63) is 60.2 Å². The number of sulfonamides is 1. The minimum Gasteiger partial charge on any atom is -0.225 e. The van der Waals surface area contributed by atoms with Crippen molar-refractivity contribution in [3.63, 3.8) is 0 Å². The minimum atomic E-state index is -3.73. The molecule has 126 valence electrons. The molecule has 3 aromatic rings. The van der Waals surface area contributed by atoms with Crippen molar-refractivity contribution in [2.75, 3.05) is 5.75 Å². The number of primary sulfonamides is 1. The van der Waals surface area contributed by atoms with Crippen LogP contribution in [0.5, 0.6) is 0 Å². The van der Waals surface area contributed by atoms with Gasteiger partial charge in [-0.15, -0.1) is 10.2 Å². The molecule has 9 heteroatoms. The van der Waals surface area contributed by atoms with Gasteiger partial charge in [0.15, 0.2) is 5.82 Å². The Morgan fingerprint density at radius 1 is 0.960 bits per heavy atom. The SMILES string of the molecule is NS(=O)(=O)c1ccc(-c2nnc3n2N=C(c2ccccc2)CS3)cc1. The van der Waals surface area contributed by atoms with Crippen molar-refractivity contribution in [2.24, 2.45) is 10.2 Å². The molecule has 0 saturated carbocycles. The van der Waals surface area contributed by atoms with Crippen molar-refractivity contribution in [3.8, 4) is 11.4 Å². The summed E-state index contributed by atoms with van der Waals surface area (Å²) in [5.74, 6) is 1.27. The molecule has 1 aliphatic rings. The summed E-state index contributed by atoms with van der Waals surface area (Å²) < 4.78 is 24.4. The van der Waals surface area contributed by atoms with Crippen molar-refractivity contribution in [2.45, 2.75) is 10.1 Å². The van der Waals surface area contributed by atoms with E-state index in [1.807, 2.05) is 30.3 Å². The van der Waals surface area contributed by atoms with Gasteiger partial charge in [-0.2, -0.15) is 9.78 Å². The predicted octanol–water partition coefficient (Wildman–Crippen LogP) is 1.95. The normalized spacial score (nSPS) is 14.0. The van der Waals surface area contributed by atoms with Gasteiger partial charge in [0.25, 0.3) is 0 Å². The summed E-state index contributed by atoms with van der Waals surface area (Å²) >= 11 is 1.56. The molecule has 0 fully saturated rings. The van der Waals surface area contributed by atoms with Crippen molar-refractivity contribution >= 4 is 27.5 Å². The fourth-order valence-electron chi connectivity index (χ4n) is 2.47. The summed E-state index contributed by atoms with van der Waals surface area (Å²) in [7, 11) is -3.73. The minimum absolute atomic E-state index is 0.0532. The molecule has 0 amide bonds. The first-order valence-corrected chi connectivity index (χ1v) is 9.90. The monoisotopic (exact) mass is 371 g/mol. The van der Waals surface area contributed by atoms with Crippen LogP contribution in [-0.2, 0) is 10.0 Å². The van der Waals surface area contributed by atoms with Crippen LogP contribution in [0.4, 0.5) is 0 Å². The van der Waals surface area contributed by atoms with Crippen LogP contribution in [0.15, 0.2) is 69.8 Å². The van der Waals surface area contributed by atoms with Gasteiger partial charge in [-0.25, -0.2) is 13.6 Å². The molecule has 0 radical (unpaired) electrons. The Balaban J connectivity index is 1.76. The first-order chi connectivity index (χ1) is 12.0. The first kappa shape index (κ1) is 16.0. The summed E-state index contributed by atoms with van der Waals surface area (Å²) in [5.41, 5.74) is 2.69. The Kier molecular flexibility index (Phi) is 3.91. The Hall–Kier alpha value is -2.49. The van der Waals surface area contributed by atoms with E-state index in [0.29, 0.717) is 22.3 Å². The quantitative estimate of drug-likeness (QED) is 0.758. The van der Waals surface area contributed by atoms with Crippen LogP contribution in [0, 0.1) is 0 Å². The molecule has 25 heavy (non-hydrogen) atoms. The number of fused-ring (bicyclic) bond motifs is 1. The van der Waals surface area contributed by atoms with E-state index >= 15 is 0 Å². The zero-order valence-electron chi connectivity index (χ0n) is 12.9. The molecule has 1 aromatic heterocycles. The van der Waals surface area contributed by atoms with Gasteiger partial charge >= 0.3 is 0 Å². The van der Waals surface area contributed by atoms with E-state index in [4.69, 9.17) is 5.14 Å². The maximum atomic E-state index is 11.4. The molecule has 0 unspecified atom stereocenters. The van der Waals surface area contributed by atoms with E-state index in [0.717, 1.165) is 11.3 Å². The van der Waals surface area contributed by atoms with Crippen molar-refractivity contribution in [1.29, 1.82) is 0 Å². The summed E-state index contributed by atoms with van der Waals surface area (Å²) in [6, 6.07) is 16.1. The second-order valence-corrected chi connectivity index (χ2v) is 7.89. The van der Waals surface area contributed by atoms with E-state index in [-0.39, 0.29) is 4.90 Å². The number of hydrogen-bond donors (Lipinski definition) is 1. The zero-order chi connectivity index (χ0) is 17.4. The second-order valence-electron chi connectivity index (χ2n) is 5.39. The predicted molar refractivity (Wildman–Crippen MR) is 95.9 cm³/mol. The molecular weight excluding hydrogens is 358 g/mol. The Labute approximate surface area is 148 Å². The number of thioether (sulfide) groups is 1. The van der Waals surface area contributed by atoms with E-state index < -0.39 is 10.0 Å². The average Bonchev–Trinajstić information content (AvgIpc) is 3.05. The largest absolute Gasteiger partial charge is 0.238 e. The number of aromatic nitrogens is 3. The van der Waals surface area contributed by atoms with Crippen molar-refractivity contribution < 1.29 is 8.42 Å². The molecule has 2 aromatic carbocycles. The van der Waals surface area contributed by atoms with Gasteiger partial charge in [0.1, 0.15) is 0 Å².